The van der Waals surface area contributed by atoms with Crippen LogP contribution in [-0.2, 0) is 0 Å². The first-order chi connectivity index (χ1) is 5.09. The zero-order valence-corrected chi connectivity index (χ0v) is 7.26. The van der Waals surface area contributed by atoms with Crippen molar-refractivity contribution in [3.05, 3.63) is 23.5 Å². The second kappa shape index (κ2) is 2.53. The number of hydrogen-bond acceptors (Lipinski definition) is 2. The highest BCUT2D eigenvalue weighted by Crippen LogP contribution is 2.34. The second-order valence-electron chi connectivity index (χ2n) is 3.34. The number of hydrogen-bond donors (Lipinski definition) is 1. The summed E-state index contributed by atoms with van der Waals surface area (Å²) in [6, 6.07) is 0. The van der Waals surface area contributed by atoms with Gasteiger partial charge in [-0.15, -0.1) is 0 Å². The molecule has 60 valence electrons. The minimum atomic E-state index is 0.0521. The van der Waals surface area contributed by atoms with E-state index in [4.69, 9.17) is 5.73 Å². The van der Waals surface area contributed by atoms with E-state index < -0.39 is 0 Å². The Balaban J connectivity index is 3.09. The van der Waals surface area contributed by atoms with Crippen LogP contribution in [0.5, 0.6) is 0 Å². The predicted octanol–water partition coefficient (Wildman–Crippen LogP) is 1.84. The molecule has 0 atom stereocenters. The number of nitrogens with two attached hydrogens (primary N) is 1. The standard InChI is InChI=1S/C9H14N2/c1-7-5-11-6-8(4-10)9(7,2)3/h4-6H,10H2,1-3H3/b8-4+. The van der Waals surface area contributed by atoms with Crippen molar-refractivity contribution >= 4 is 6.21 Å². The monoisotopic (exact) mass is 150 g/mol. The topological polar surface area (TPSA) is 38.4 Å². The highest BCUT2D eigenvalue weighted by molar-refractivity contribution is 5.83. The Morgan fingerprint density at radius 3 is 2.64 bits per heavy atom. The molecule has 0 spiro atoms. The van der Waals surface area contributed by atoms with E-state index in [0.717, 1.165) is 5.57 Å². The van der Waals surface area contributed by atoms with Gasteiger partial charge >= 0.3 is 0 Å². The van der Waals surface area contributed by atoms with Gasteiger partial charge in [-0.05, 0) is 24.3 Å². The lowest BCUT2D eigenvalue weighted by molar-refractivity contribution is 0.554. The van der Waals surface area contributed by atoms with E-state index in [9.17, 15) is 0 Å². The molecule has 1 aliphatic rings. The van der Waals surface area contributed by atoms with Crippen molar-refractivity contribution in [1.82, 2.24) is 0 Å². The van der Waals surface area contributed by atoms with Gasteiger partial charge in [0.1, 0.15) is 0 Å². The Labute approximate surface area is 67.5 Å². The Hall–Kier alpha value is -1.05. The summed E-state index contributed by atoms with van der Waals surface area (Å²) in [4.78, 5) is 4.07. The van der Waals surface area contributed by atoms with Crippen molar-refractivity contribution in [2.75, 3.05) is 0 Å². The van der Waals surface area contributed by atoms with Crippen molar-refractivity contribution in [1.29, 1.82) is 0 Å². The molecule has 0 aromatic rings. The fraction of sp³-hybridized carbons (Fsp3) is 0.444. The maximum Gasteiger partial charge on any atom is 0.0322 e. The van der Waals surface area contributed by atoms with Gasteiger partial charge in [-0.2, -0.15) is 0 Å². The molecule has 0 aromatic carbocycles. The summed E-state index contributed by atoms with van der Waals surface area (Å²) in [5, 5.41) is 0. The van der Waals surface area contributed by atoms with Crippen molar-refractivity contribution in [2.24, 2.45) is 16.1 Å². The fourth-order valence-electron chi connectivity index (χ4n) is 1.03. The van der Waals surface area contributed by atoms with Crippen LogP contribution < -0.4 is 5.73 Å². The summed E-state index contributed by atoms with van der Waals surface area (Å²) in [6.07, 6.45) is 5.32. The van der Waals surface area contributed by atoms with E-state index in [1.807, 2.05) is 12.4 Å². The molecule has 0 amide bonds. The molecule has 0 fully saturated rings. The minimum absolute atomic E-state index is 0.0521. The average Bonchev–Trinajstić information content (AvgIpc) is 1.95. The van der Waals surface area contributed by atoms with Crippen LogP contribution in [0.15, 0.2) is 28.5 Å². The summed E-state index contributed by atoms with van der Waals surface area (Å²) in [5.74, 6) is 0. The molecule has 11 heavy (non-hydrogen) atoms. The average molecular weight is 150 g/mol. The van der Waals surface area contributed by atoms with Crippen LogP contribution in [0.2, 0.25) is 0 Å². The van der Waals surface area contributed by atoms with Gasteiger partial charge in [0.2, 0.25) is 0 Å². The fourth-order valence-corrected chi connectivity index (χ4v) is 1.03. The first-order valence-electron chi connectivity index (χ1n) is 3.72. The van der Waals surface area contributed by atoms with Gasteiger partial charge in [0, 0.05) is 17.8 Å². The molecule has 2 N–H and O–H groups in total. The third-order valence-electron chi connectivity index (χ3n) is 2.37. The molecule has 0 bridgehead atoms. The highest BCUT2D eigenvalue weighted by Gasteiger charge is 2.25. The lowest BCUT2D eigenvalue weighted by Crippen LogP contribution is -2.20. The predicted molar refractivity (Wildman–Crippen MR) is 48.3 cm³/mol. The Morgan fingerprint density at radius 1 is 1.55 bits per heavy atom. The van der Waals surface area contributed by atoms with Crippen molar-refractivity contribution in [3.8, 4) is 0 Å². The molecule has 1 aliphatic heterocycles. The number of allylic oxidation sites excluding steroid dienone is 2. The Kier molecular flexibility index (Phi) is 1.85. The molecular formula is C9H14N2. The second-order valence-corrected chi connectivity index (χ2v) is 3.34. The van der Waals surface area contributed by atoms with Gasteiger partial charge in [-0.25, -0.2) is 0 Å². The maximum atomic E-state index is 5.46. The van der Waals surface area contributed by atoms with Crippen LogP contribution in [0.4, 0.5) is 0 Å². The molecule has 1 heterocycles. The van der Waals surface area contributed by atoms with Crippen molar-refractivity contribution in [3.63, 3.8) is 0 Å². The van der Waals surface area contributed by atoms with Gasteiger partial charge in [0.25, 0.3) is 0 Å². The minimum Gasteiger partial charge on any atom is -0.404 e. The molecule has 0 aliphatic carbocycles. The third-order valence-corrected chi connectivity index (χ3v) is 2.37. The van der Waals surface area contributed by atoms with Crippen LogP contribution in [0.25, 0.3) is 0 Å². The molecule has 0 radical (unpaired) electrons. The lowest BCUT2D eigenvalue weighted by atomic mass is 9.78. The first kappa shape index (κ1) is 8.05. The van der Waals surface area contributed by atoms with Crippen molar-refractivity contribution < 1.29 is 0 Å². The maximum absolute atomic E-state index is 5.46. The van der Waals surface area contributed by atoms with E-state index in [0.29, 0.717) is 0 Å². The lowest BCUT2D eigenvalue weighted by Gasteiger charge is -2.28. The Bertz CT molecular complexity index is 244. The molecular weight excluding hydrogens is 136 g/mol. The van der Waals surface area contributed by atoms with Gasteiger partial charge in [-0.1, -0.05) is 13.8 Å². The van der Waals surface area contributed by atoms with E-state index in [2.05, 4.69) is 25.8 Å². The normalized spacial score (nSPS) is 25.4. The van der Waals surface area contributed by atoms with E-state index >= 15 is 0 Å². The van der Waals surface area contributed by atoms with Crippen LogP contribution in [0.3, 0.4) is 0 Å². The molecule has 0 saturated heterocycles. The molecule has 0 saturated carbocycles. The zero-order chi connectivity index (χ0) is 8.48. The highest BCUT2D eigenvalue weighted by atomic mass is 14.7. The van der Waals surface area contributed by atoms with Crippen LogP contribution in [0.1, 0.15) is 20.8 Å². The molecule has 2 heteroatoms. The summed E-state index contributed by atoms with van der Waals surface area (Å²) in [6.45, 7) is 6.35. The molecule has 2 nitrogen and oxygen atoms in total. The van der Waals surface area contributed by atoms with E-state index in [1.54, 1.807) is 6.20 Å². The number of rotatable bonds is 0. The zero-order valence-electron chi connectivity index (χ0n) is 7.26. The molecule has 1 rings (SSSR count). The SMILES string of the molecule is CC1=CN=C/C(=C\N)C1(C)C. The van der Waals surface area contributed by atoms with Gasteiger partial charge in [0.05, 0.1) is 0 Å². The molecule has 0 aromatic heterocycles. The number of aliphatic imine (C=N–C) groups is 1. The van der Waals surface area contributed by atoms with Gasteiger partial charge in [-0.3, -0.25) is 4.99 Å². The first-order valence-corrected chi connectivity index (χ1v) is 3.72. The Morgan fingerprint density at radius 2 is 2.18 bits per heavy atom. The summed E-state index contributed by atoms with van der Waals surface area (Å²) >= 11 is 0. The summed E-state index contributed by atoms with van der Waals surface area (Å²) in [5.41, 5.74) is 7.84. The van der Waals surface area contributed by atoms with Crippen LogP contribution in [0, 0.1) is 5.41 Å². The largest absolute Gasteiger partial charge is 0.404 e. The van der Waals surface area contributed by atoms with Gasteiger partial charge < -0.3 is 5.73 Å². The third kappa shape index (κ3) is 1.20. The molecule has 0 unspecified atom stereocenters. The van der Waals surface area contributed by atoms with Gasteiger partial charge in [0.15, 0.2) is 0 Å². The smallest absolute Gasteiger partial charge is 0.0322 e. The van der Waals surface area contributed by atoms with E-state index in [1.165, 1.54) is 5.57 Å². The number of nitrogens with zero attached hydrogens (tertiary/aromatic N) is 1. The summed E-state index contributed by atoms with van der Waals surface area (Å²) < 4.78 is 0. The quantitative estimate of drug-likeness (QED) is 0.562. The van der Waals surface area contributed by atoms with Crippen LogP contribution >= 0.6 is 0 Å². The van der Waals surface area contributed by atoms with E-state index in [-0.39, 0.29) is 5.41 Å². The summed E-state index contributed by atoms with van der Waals surface area (Å²) in [7, 11) is 0. The van der Waals surface area contributed by atoms with Crippen molar-refractivity contribution in [2.45, 2.75) is 20.8 Å². The van der Waals surface area contributed by atoms with Crippen LogP contribution in [-0.4, -0.2) is 6.21 Å².